The fourth-order valence-corrected chi connectivity index (χ4v) is 1.37. The van der Waals surface area contributed by atoms with Crippen LogP contribution >= 0.6 is 15.9 Å². The van der Waals surface area contributed by atoms with Gasteiger partial charge in [-0.25, -0.2) is 5.48 Å². The Hall–Kier alpha value is -0.870. The van der Waals surface area contributed by atoms with Crippen LogP contribution in [0.1, 0.15) is 15.9 Å². The van der Waals surface area contributed by atoms with Crippen molar-refractivity contribution in [3.63, 3.8) is 0 Å². The summed E-state index contributed by atoms with van der Waals surface area (Å²) in [6.45, 7) is 1.87. The normalized spacial score (nSPS) is 9.77. The van der Waals surface area contributed by atoms with Crippen LogP contribution in [-0.4, -0.2) is 13.0 Å². The summed E-state index contributed by atoms with van der Waals surface area (Å²) < 4.78 is 0.913. The average molecular weight is 244 g/mol. The van der Waals surface area contributed by atoms with Crippen molar-refractivity contribution in [2.45, 2.75) is 6.92 Å². The molecule has 4 heteroatoms. The minimum absolute atomic E-state index is 0.235. The third kappa shape index (κ3) is 2.29. The van der Waals surface area contributed by atoms with Gasteiger partial charge in [0.2, 0.25) is 0 Å². The predicted octanol–water partition coefficient (Wildman–Crippen LogP) is 2.05. The summed E-state index contributed by atoms with van der Waals surface area (Å²) in [6.07, 6.45) is 0. The molecule has 1 rings (SSSR count). The van der Waals surface area contributed by atoms with Crippen LogP contribution in [0.2, 0.25) is 0 Å². The van der Waals surface area contributed by atoms with Crippen molar-refractivity contribution in [1.29, 1.82) is 0 Å². The SMILES string of the molecule is CONC(=O)c1cccc(Br)c1C. The number of rotatable bonds is 2. The van der Waals surface area contributed by atoms with E-state index < -0.39 is 0 Å². The van der Waals surface area contributed by atoms with E-state index in [1.54, 1.807) is 6.07 Å². The number of amides is 1. The lowest BCUT2D eigenvalue weighted by atomic mass is 10.1. The second-order valence-corrected chi connectivity index (χ2v) is 3.40. The van der Waals surface area contributed by atoms with E-state index in [-0.39, 0.29) is 5.91 Å². The zero-order valence-corrected chi connectivity index (χ0v) is 9.01. The molecule has 0 heterocycles. The number of carbonyl (C=O) groups is 1. The highest BCUT2D eigenvalue weighted by Crippen LogP contribution is 2.19. The van der Waals surface area contributed by atoms with Gasteiger partial charge < -0.3 is 0 Å². The van der Waals surface area contributed by atoms with Crippen molar-refractivity contribution >= 4 is 21.8 Å². The molecule has 0 bridgehead atoms. The topological polar surface area (TPSA) is 38.3 Å². The molecular weight excluding hydrogens is 234 g/mol. The number of carbonyl (C=O) groups excluding carboxylic acids is 1. The summed E-state index contributed by atoms with van der Waals surface area (Å²) in [6, 6.07) is 5.44. The maximum Gasteiger partial charge on any atom is 0.275 e. The van der Waals surface area contributed by atoms with Crippen molar-refractivity contribution in [3.05, 3.63) is 33.8 Å². The van der Waals surface area contributed by atoms with Crippen molar-refractivity contribution in [2.75, 3.05) is 7.11 Å². The summed E-state index contributed by atoms with van der Waals surface area (Å²) in [5, 5.41) is 0. The summed E-state index contributed by atoms with van der Waals surface area (Å²) >= 11 is 3.34. The molecule has 0 atom stereocenters. The minimum atomic E-state index is -0.235. The maximum absolute atomic E-state index is 11.4. The van der Waals surface area contributed by atoms with Gasteiger partial charge in [0.25, 0.3) is 5.91 Å². The molecule has 1 aromatic rings. The van der Waals surface area contributed by atoms with Crippen molar-refractivity contribution in [3.8, 4) is 0 Å². The van der Waals surface area contributed by atoms with Gasteiger partial charge in [0.05, 0.1) is 7.11 Å². The Morgan fingerprint density at radius 1 is 1.54 bits per heavy atom. The smallest absolute Gasteiger partial charge is 0.275 e. The standard InChI is InChI=1S/C9H10BrNO2/c1-6-7(9(12)11-13-2)4-3-5-8(6)10/h3-5H,1-2H3,(H,11,12). The van der Waals surface area contributed by atoms with Crippen LogP contribution in [0.4, 0.5) is 0 Å². The Kier molecular flexibility index (Phi) is 3.45. The first-order valence-electron chi connectivity index (χ1n) is 3.75. The van der Waals surface area contributed by atoms with Crippen LogP contribution < -0.4 is 5.48 Å². The fraction of sp³-hybridized carbons (Fsp3) is 0.222. The fourth-order valence-electron chi connectivity index (χ4n) is 1.00. The van der Waals surface area contributed by atoms with E-state index >= 15 is 0 Å². The van der Waals surface area contributed by atoms with Crippen LogP contribution in [0.3, 0.4) is 0 Å². The molecule has 0 aliphatic rings. The van der Waals surface area contributed by atoms with Gasteiger partial charge in [-0.2, -0.15) is 0 Å². The molecule has 1 aromatic carbocycles. The molecule has 0 aromatic heterocycles. The van der Waals surface area contributed by atoms with Gasteiger partial charge in [0.1, 0.15) is 0 Å². The molecule has 0 unspecified atom stereocenters. The Morgan fingerprint density at radius 2 is 2.23 bits per heavy atom. The van der Waals surface area contributed by atoms with E-state index in [0.29, 0.717) is 5.56 Å². The first kappa shape index (κ1) is 10.2. The largest absolute Gasteiger partial charge is 0.277 e. The van der Waals surface area contributed by atoms with Gasteiger partial charge in [-0.05, 0) is 24.6 Å². The Labute approximate surface area is 85.2 Å². The molecule has 0 fully saturated rings. The molecule has 1 N–H and O–H groups in total. The van der Waals surface area contributed by atoms with Crippen molar-refractivity contribution < 1.29 is 9.63 Å². The van der Waals surface area contributed by atoms with Gasteiger partial charge in [0, 0.05) is 10.0 Å². The first-order valence-corrected chi connectivity index (χ1v) is 4.54. The van der Waals surface area contributed by atoms with Gasteiger partial charge in [0.15, 0.2) is 0 Å². The van der Waals surface area contributed by atoms with Crippen molar-refractivity contribution in [2.24, 2.45) is 0 Å². The van der Waals surface area contributed by atoms with Crippen LogP contribution in [-0.2, 0) is 4.84 Å². The second-order valence-electron chi connectivity index (χ2n) is 2.55. The van der Waals surface area contributed by atoms with E-state index in [2.05, 4.69) is 26.2 Å². The van der Waals surface area contributed by atoms with Gasteiger partial charge >= 0.3 is 0 Å². The molecule has 0 aliphatic heterocycles. The second kappa shape index (κ2) is 4.39. The van der Waals surface area contributed by atoms with Gasteiger partial charge in [-0.3, -0.25) is 9.63 Å². The lowest BCUT2D eigenvalue weighted by Crippen LogP contribution is -2.22. The molecule has 0 saturated heterocycles. The summed E-state index contributed by atoms with van der Waals surface area (Å²) in [4.78, 5) is 15.9. The molecule has 13 heavy (non-hydrogen) atoms. The van der Waals surface area contributed by atoms with Gasteiger partial charge in [-0.1, -0.05) is 22.0 Å². The van der Waals surface area contributed by atoms with E-state index in [0.717, 1.165) is 10.0 Å². The molecule has 3 nitrogen and oxygen atoms in total. The number of hydrogen-bond acceptors (Lipinski definition) is 2. The number of hydroxylamine groups is 1. The number of halogens is 1. The Morgan fingerprint density at radius 3 is 2.85 bits per heavy atom. The zero-order valence-electron chi connectivity index (χ0n) is 7.43. The van der Waals surface area contributed by atoms with E-state index in [9.17, 15) is 4.79 Å². The Bertz CT molecular complexity index is 325. The number of nitrogens with one attached hydrogen (secondary N) is 1. The maximum atomic E-state index is 11.4. The van der Waals surface area contributed by atoms with Crippen LogP contribution in [0, 0.1) is 6.92 Å². The van der Waals surface area contributed by atoms with E-state index in [1.807, 2.05) is 19.1 Å². The van der Waals surface area contributed by atoms with E-state index in [1.165, 1.54) is 7.11 Å². The highest BCUT2D eigenvalue weighted by Gasteiger charge is 2.09. The van der Waals surface area contributed by atoms with Crippen LogP contribution in [0.15, 0.2) is 22.7 Å². The molecule has 0 saturated carbocycles. The van der Waals surface area contributed by atoms with Crippen LogP contribution in [0.5, 0.6) is 0 Å². The third-order valence-corrected chi connectivity index (χ3v) is 2.57. The number of hydrogen-bond donors (Lipinski definition) is 1. The highest BCUT2D eigenvalue weighted by atomic mass is 79.9. The predicted molar refractivity (Wildman–Crippen MR) is 53.4 cm³/mol. The monoisotopic (exact) mass is 243 g/mol. The average Bonchev–Trinajstić information content (AvgIpc) is 2.10. The highest BCUT2D eigenvalue weighted by molar-refractivity contribution is 9.10. The Balaban J connectivity index is 3.01. The van der Waals surface area contributed by atoms with Crippen LogP contribution in [0.25, 0.3) is 0 Å². The molecule has 70 valence electrons. The summed E-state index contributed by atoms with van der Waals surface area (Å²) in [7, 11) is 1.41. The van der Waals surface area contributed by atoms with Gasteiger partial charge in [-0.15, -0.1) is 0 Å². The lowest BCUT2D eigenvalue weighted by Gasteiger charge is -2.06. The molecule has 1 amide bonds. The number of benzene rings is 1. The van der Waals surface area contributed by atoms with Crippen molar-refractivity contribution in [1.82, 2.24) is 5.48 Å². The third-order valence-electron chi connectivity index (χ3n) is 1.71. The van der Waals surface area contributed by atoms with E-state index in [4.69, 9.17) is 0 Å². The molecule has 0 aliphatic carbocycles. The minimum Gasteiger partial charge on any atom is -0.277 e. The first-order chi connectivity index (χ1) is 6.16. The lowest BCUT2D eigenvalue weighted by molar-refractivity contribution is 0.0537. The summed E-state index contributed by atoms with van der Waals surface area (Å²) in [5.41, 5.74) is 3.78. The zero-order chi connectivity index (χ0) is 9.84. The molecular formula is C9H10BrNO2. The molecule has 0 radical (unpaired) electrons. The molecule has 0 spiro atoms. The summed E-state index contributed by atoms with van der Waals surface area (Å²) in [5.74, 6) is -0.235. The quantitative estimate of drug-likeness (QED) is 0.808.